The van der Waals surface area contributed by atoms with Gasteiger partial charge >= 0.3 is 0 Å². The fraction of sp³-hybridized carbons (Fsp3) is 0.0732. The second-order valence-electron chi connectivity index (χ2n) is 12.1. The third kappa shape index (κ3) is 3.05. The van der Waals surface area contributed by atoms with Gasteiger partial charge in [-0.3, -0.25) is 0 Å². The monoisotopic (exact) mass is 520 g/mol. The molecule has 0 saturated heterocycles. The van der Waals surface area contributed by atoms with Crippen LogP contribution in [0.25, 0.3) is 76.5 Å². The number of rotatable bonds is 2. The summed E-state index contributed by atoms with van der Waals surface area (Å²) in [5, 5.41) is 10.7. The summed E-state index contributed by atoms with van der Waals surface area (Å²) in [5.74, 6) is 0. The van der Waals surface area contributed by atoms with E-state index < -0.39 is 0 Å². The van der Waals surface area contributed by atoms with Gasteiger partial charge in [0.25, 0.3) is 0 Å². The average Bonchev–Trinajstić information content (AvgIpc) is 3.02. The van der Waals surface area contributed by atoms with Crippen LogP contribution in [0.2, 0.25) is 0 Å². The van der Waals surface area contributed by atoms with Gasteiger partial charge in [0.1, 0.15) is 0 Å². The molecule has 9 rings (SSSR count). The lowest BCUT2D eigenvalue weighted by Gasteiger charge is -2.35. The molecular weight excluding hydrogens is 492 g/mol. The molecule has 0 saturated carbocycles. The highest BCUT2D eigenvalue weighted by Gasteiger charge is 2.33. The fourth-order valence-corrected chi connectivity index (χ4v) is 7.63. The first-order chi connectivity index (χ1) is 20.1. The molecule has 0 unspecified atom stereocenters. The lowest BCUT2D eigenvalue weighted by molar-refractivity contribution is 0.645. The minimum absolute atomic E-state index is 0.0411. The highest BCUT2D eigenvalue weighted by molar-refractivity contribution is 6.25. The van der Waals surface area contributed by atoms with Gasteiger partial charge in [0, 0.05) is 5.41 Å². The molecule has 0 heteroatoms. The summed E-state index contributed by atoms with van der Waals surface area (Å²) in [5.41, 5.74) is 10.6. The Morgan fingerprint density at radius 3 is 1.66 bits per heavy atom. The third-order valence-corrected chi connectivity index (χ3v) is 9.64. The summed E-state index contributed by atoms with van der Waals surface area (Å²) < 4.78 is 0. The van der Waals surface area contributed by atoms with Crippen molar-refractivity contribution in [3.63, 3.8) is 0 Å². The van der Waals surface area contributed by atoms with Gasteiger partial charge in [-0.25, -0.2) is 0 Å². The van der Waals surface area contributed by atoms with Gasteiger partial charge in [-0.2, -0.15) is 0 Å². The molecule has 41 heavy (non-hydrogen) atoms. The average molecular weight is 521 g/mol. The molecule has 0 aliphatic heterocycles. The number of fused-ring (bicyclic) bond motifs is 2. The summed E-state index contributed by atoms with van der Waals surface area (Å²) in [6, 6.07) is 49.9. The second-order valence-corrected chi connectivity index (χ2v) is 12.1. The highest BCUT2D eigenvalue weighted by atomic mass is 14.4. The molecule has 8 aromatic rings. The molecule has 0 amide bonds. The summed E-state index contributed by atoms with van der Waals surface area (Å²) >= 11 is 0. The molecule has 0 atom stereocenters. The van der Waals surface area contributed by atoms with Crippen molar-refractivity contribution in [3.05, 3.63) is 145 Å². The van der Waals surface area contributed by atoms with Crippen molar-refractivity contribution in [3.8, 4) is 33.4 Å². The molecule has 1 aliphatic rings. The molecule has 0 aromatic heterocycles. The molecule has 0 bridgehead atoms. The fourth-order valence-electron chi connectivity index (χ4n) is 7.63. The molecule has 0 nitrogen and oxygen atoms in total. The normalized spacial score (nSPS) is 13.8. The Morgan fingerprint density at radius 2 is 0.902 bits per heavy atom. The van der Waals surface area contributed by atoms with Gasteiger partial charge in [0.2, 0.25) is 0 Å². The predicted octanol–water partition coefficient (Wildman–Crippen LogP) is 11.4. The van der Waals surface area contributed by atoms with Crippen LogP contribution in [0.4, 0.5) is 0 Å². The van der Waals surface area contributed by atoms with Gasteiger partial charge in [-0.1, -0.05) is 147 Å². The van der Waals surface area contributed by atoms with Crippen molar-refractivity contribution in [1.29, 1.82) is 0 Å². The molecule has 8 aromatic carbocycles. The van der Waals surface area contributed by atoms with E-state index in [0.717, 1.165) is 0 Å². The van der Waals surface area contributed by atoms with E-state index in [1.54, 1.807) is 0 Å². The number of hydrogen-bond donors (Lipinski definition) is 0. The maximum atomic E-state index is 2.37. The Hall–Kier alpha value is -4.94. The van der Waals surface area contributed by atoms with Gasteiger partial charge in [0.15, 0.2) is 0 Å². The summed E-state index contributed by atoms with van der Waals surface area (Å²) in [6.07, 6.45) is 0. The SMILES string of the molecule is CC1(C)c2ccccc2-c2cccc3c(-c4ccc(-c5ccc6ccc7cccc8ccc5c6c78)cc4)ccc1c23. The summed E-state index contributed by atoms with van der Waals surface area (Å²) in [4.78, 5) is 0. The van der Waals surface area contributed by atoms with Gasteiger partial charge in [0.05, 0.1) is 0 Å². The van der Waals surface area contributed by atoms with Gasteiger partial charge in [-0.15, -0.1) is 0 Å². The largest absolute Gasteiger partial charge is 0.0619 e. The zero-order chi connectivity index (χ0) is 27.3. The van der Waals surface area contributed by atoms with Crippen LogP contribution >= 0.6 is 0 Å². The zero-order valence-electron chi connectivity index (χ0n) is 23.2. The van der Waals surface area contributed by atoms with E-state index in [1.165, 1.54) is 87.6 Å². The molecule has 1 aliphatic carbocycles. The molecule has 0 N–H and O–H groups in total. The summed E-state index contributed by atoms with van der Waals surface area (Å²) in [6.45, 7) is 4.73. The highest BCUT2D eigenvalue weighted by Crippen LogP contribution is 2.50. The van der Waals surface area contributed by atoms with Crippen LogP contribution in [-0.4, -0.2) is 0 Å². The smallest absolute Gasteiger partial charge is 0.0159 e. The zero-order valence-corrected chi connectivity index (χ0v) is 23.2. The Labute approximate surface area is 239 Å². The molecular formula is C41H28. The molecule has 0 heterocycles. The topological polar surface area (TPSA) is 0 Å². The maximum Gasteiger partial charge on any atom is 0.0159 e. The Balaban J connectivity index is 1.21. The Morgan fingerprint density at radius 1 is 0.341 bits per heavy atom. The van der Waals surface area contributed by atoms with Crippen LogP contribution in [-0.2, 0) is 5.41 Å². The van der Waals surface area contributed by atoms with E-state index in [-0.39, 0.29) is 5.41 Å². The van der Waals surface area contributed by atoms with E-state index in [4.69, 9.17) is 0 Å². The van der Waals surface area contributed by atoms with E-state index in [0.29, 0.717) is 0 Å². The molecule has 0 fully saturated rings. The lowest BCUT2D eigenvalue weighted by Crippen LogP contribution is -2.23. The third-order valence-electron chi connectivity index (χ3n) is 9.64. The van der Waals surface area contributed by atoms with Crippen LogP contribution in [0.5, 0.6) is 0 Å². The Kier molecular flexibility index (Phi) is 4.49. The van der Waals surface area contributed by atoms with Crippen LogP contribution in [0.3, 0.4) is 0 Å². The van der Waals surface area contributed by atoms with Crippen molar-refractivity contribution < 1.29 is 0 Å². The number of benzene rings is 8. The summed E-state index contributed by atoms with van der Waals surface area (Å²) in [7, 11) is 0. The minimum atomic E-state index is -0.0411. The first-order valence-electron chi connectivity index (χ1n) is 14.5. The van der Waals surface area contributed by atoms with Crippen molar-refractivity contribution in [1.82, 2.24) is 0 Å². The first kappa shape index (κ1) is 22.8. The molecule has 0 radical (unpaired) electrons. The van der Waals surface area contributed by atoms with Crippen molar-refractivity contribution >= 4 is 43.1 Å². The van der Waals surface area contributed by atoms with Gasteiger partial charge in [-0.05, 0) is 87.6 Å². The predicted molar refractivity (Wildman–Crippen MR) is 176 cm³/mol. The van der Waals surface area contributed by atoms with Gasteiger partial charge < -0.3 is 0 Å². The van der Waals surface area contributed by atoms with Crippen LogP contribution in [0.15, 0.2) is 133 Å². The van der Waals surface area contributed by atoms with E-state index in [9.17, 15) is 0 Å². The van der Waals surface area contributed by atoms with E-state index in [1.807, 2.05) is 0 Å². The first-order valence-corrected chi connectivity index (χ1v) is 14.5. The molecule has 192 valence electrons. The minimum Gasteiger partial charge on any atom is -0.0619 e. The van der Waals surface area contributed by atoms with Crippen LogP contribution < -0.4 is 0 Å². The van der Waals surface area contributed by atoms with Crippen molar-refractivity contribution in [2.45, 2.75) is 19.3 Å². The Bertz CT molecular complexity index is 2300. The van der Waals surface area contributed by atoms with Crippen molar-refractivity contribution in [2.24, 2.45) is 0 Å². The quantitative estimate of drug-likeness (QED) is 0.199. The van der Waals surface area contributed by atoms with Crippen LogP contribution in [0, 0.1) is 0 Å². The number of hydrogen-bond acceptors (Lipinski definition) is 0. The van der Waals surface area contributed by atoms with E-state index in [2.05, 4.69) is 147 Å². The standard InChI is InChI=1S/C41H28/c1-41(2)36-12-4-3-9-32(36)34-11-6-10-33-31(23-24-37(41)40(33)34)26-15-13-25(14-16-26)30-21-19-29-18-17-27-7-5-8-28-20-22-35(30)39(29)38(27)28/h3-24H,1-2H3. The second kappa shape index (κ2) is 8.05. The lowest BCUT2D eigenvalue weighted by atomic mass is 9.68. The van der Waals surface area contributed by atoms with Crippen molar-refractivity contribution in [2.75, 3.05) is 0 Å². The van der Waals surface area contributed by atoms with Crippen LogP contribution in [0.1, 0.15) is 25.0 Å². The molecule has 0 spiro atoms. The van der Waals surface area contributed by atoms with E-state index >= 15 is 0 Å². The maximum absolute atomic E-state index is 2.37.